The van der Waals surface area contributed by atoms with Crippen LogP contribution in [0.2, 0.25) is 0 Å². The average Bonchev–Trinajstić information content (AvgIpc) is 3.66. The van der Waals surface area contributed by atoms with Gasteiger partial charge < -0.3 is 15.3 Å². The molecule has 0 aromatic carbocycles. The first-order valence-corrected chi connectivity index (χ1v) is 13.0. The molecule has 3 rings (SSSR count). The van der Waals surface area contributed by atoms with E-state index in [-0.39, 0.29) is 82.2 Å². The van der Waals surface area contributed by atoms with E-state index in [1.54, 1.807) is 16.1 Å². The van der Waals surface area contributed by atoms with Crippen molar-refractivity contribution in [3.63, 3.8) is 0 Å². The van der Waals surface area contributed by atoms with Crippen molar-refractivity contribution in [2.75, 3.05) is 0 Å². The first-order chi connectivity index (χ1) is 19.2. The maximum Gasteiger partial charge on any atom is 3.00 e. The van der Waals surface area contributed by atoms with Gasteiger partial charge in [-0.25, -0.2) is 0 Å². The predicted octanol–water partition coefficient (Wildman–Crippen LogP) is 4.74. The van der Waals surface area contributed by atoms with Crippen molar-refractivity contribution in [1.82, 2.24) is 0 Å². The van der Waals surface area contributed by atoms with Crippen LogP contribution in [0.15, 0.2) is 70.8 Å². The third-order valence-corrected chi connectivity index (χ3v) is 6.57. The molecule has 0 bridgehead atoms. The summed E-state index contributed by atoms with van der Waals surface area (Å²) in [6.45, 7) is 0. The van der Waals surface area contributed by atoms with Gasteiger partial charge >= 0.3 is 67.9 Å². The van der Waals surface area contributed by atoms with Crippen molar-refractivity contribution in [3.8, 4) is 0 Å². The second-order valence-electron chi connectivity index (χ2n) is 7.04. The van der Waals surface area contributed by atoms with Crippen molar-refractivity contribution in [2.45, 2.75) is 18.5 Å². The quantitative estimate of drug-likeness (QED) is 0.202. The fourth-order valence-electron chi connectivity index (χ4n) is 2.07. The smallest absolute Gasteiger partial charge is 0.871 e. The molecule has 0 atom stereocenters. The fourth-order valence-corrected chi connectivity index (χ4v) is 3.98. The van der Waals surface area contributed by atoms with E-state index in [1.807, 2.05) is 0 Å². The Hall–Kier alpha value is -2.32. The molecule has 0 spiro atoms. The Balaban J connectivity index is 0.000000608. The summed E-state index contributed by atoms with van der Waals surface area (Å²) < 4.78 is 105. The minimum atomic E-state index is -4.98. The minimum Gasteiger partial charge on any atom is -0.871 e. The molecule has 0 aliphatic rings. The topological polar surface area (TPSA) is 120 Å². The van der Waals surface area contributed by atoms with E-state index in [4.69, 9.17) is 0 Å². The van der Waals surface area contributed by atoms with E-state index in [9.17, 15) is 69.2 Å². The van der Waals surface area contributed by atoms with Crippen molar-refractivity contribution in [3.05, 3.63) is 85.4 Å². The molecule has 0 saturated heterocycles. The third kappa shape index (κ3) is 15.3. The standard InChI is InChI=1S/3C8H5F3O2S.Eu/c3*9-8(10,11)7(13)4-5(12)6-2-1-3-14-6;/h3*1-4,12H;/q;;;+3/p-3. The molecule has 0 radical (unpaired) electrons. The number of halogens is 9. The van der Waals surface area contributed by atoms with Crippen LogP contribution in [0, 0.1) is 49.4 Å². The van der Waals surface area contributed by atoms with Gasteiger partial charge in [0.15, 0.2) is 0 Å². The van der Waals surface area contributed by atoms with E-state index in [0.717, 1.165) is 34.0 Å². The number of rotatable bonds is 6. The first kappa shape index (κ1) is 40.7. The molecule has 0 amide bonds. The number of hydrogen-bond acceptors (Lipinski definition) is 9. The van der Waals surface area contributed by atoms with Gasteiger partial charge in [-0.3, -0.25) is 14.4 Å². The van der Waals surface area contributed by atoms with E-state index < -0.39 is 53.2 Å². The molecule has 0 N–H and O–H groups in total. The number of allylic oxidation sites excluding steroid dienone is 3. The molecule has 3 aromatic rings. The summed E-state index contributed by atoms with van der Waals surface area (Å²) in [5.41, 5.74) is 0. The summed E-state index contributed by atoms with van der Waals surface area (Å²) in [6, 6.07) is 8.62. The van der Waals surface area contributed by atoms with Crippen LogP contribution < -0.4 is 15.3 Å². The van der Waals surface area contributed by atoms with Crippen LogP contribution in [0.1, 0.15) is 14.6 Å². The van der Waals surface area contributed by atoms with Gasteiger partial charge in [-0.15, -0.1) is 34.0 Å². The Morgan fingerprint density at radius 3 is 0.860 bits per heavy atom. The molecule has 0 fully saturated rings. The number of ketones is 3. The van der Waals surface area contributed by atoms with E-state index in [2.05, 4.69) is 0 Å². The van der Waals surface area contributed by atoms with Crippen molar-refractivity contribution < 1.29 is 119 Å². The van der Waals surface area contributed by atoms with Crippen LogP contribution in [-0.4, -0.2) is 35.9 Å². The monoisotopic (exact) mass is 816 g/mol. The summed E-state index contributed by atoms with van der Waals surface area (Å²) in [5.74, 6) is -9.13. The summed E-state index contributed by atoms with van der Waals surface area (Å²) in [5, 5.41) is 37.6. The van der Waals surface area contributed by atoms with Gasteiger partial charge in [-0.1, -0.05) is 35.5 Å². The largest absolute Gasteiger partial charge is 3.00 e. The molecule has 0 aliphatic carbocycles. The molecule has 3 aromatic heterocycles. The van der Waals surface area contributed by atoms with Crippen LogP contribution in [-0.2, 0) is 14.4 Å². The van der Waals surface area contributed by atoms with E-state index in [0.29, 0.717) is 0 Å². The van der Waals surface area contributed by atoms with Crippen LogP contribution in [0.3, 0.4) is 0 Å². The maximum absolute atomic E-state index is 11.7. The van der Waals surface area contributed by atoms with Crippen molar-refractivity contribution >= 4 is 68.6 Å². The predicted molar refractivity (Wildman–Crippen MR) is 130 cm³/mol. The summed E-state index contributed by atoms with van der Waals surface area (Å²) >= 11 is 2.95. The van der Waals surface area contributed by atoms with Crippen LogP contribution >= 0.6 is 34.0 Å². The molecule has 0 unspecified atom stereocenters. The summed E-state index contributed by atoms with van der Waals surface area (Å²) in [6.07, 6.45) is -14.8. The molecule has 43 heavy (non-hydrogen) atoms. The Morgan fingerprint density at radius 2 is 0.721 bits per heavy atom. The maximum atomic E-state index is 11.7. The summed E-state index contributed by atoms with van der Waals surface area (Å²) in [7, 11) is 0. The zero-order valence-corrected chi connectivity index (χ0v) is 25.3. The first-order valence-electron chi connectivity index (χ1n) is 10.3. The van der Waals surface area contributed by atoms with Crippen molar-refractivity contribution in [1.29, 1.82) is 0 Å². The Kier molecular flexibility index (Phi) is 16.9. The number of alkyl halides is 9. The van der Waals surface area contributed by atoms with E-state index in [1.165, 1.54) is 36.4 Å². The van der Waals surface area contributed by atoms with Gasteiger partial charge in [0.25, 0.3) is 17.3 Å². The Bertz CT molecular complexity index is 1230. The normalized spacial score (nSPS) is 12.6. The van der Waals surface area contributed by atoms with Crippen LogP contribution in [0.5, 0.6) is 0 Å². The Morgan fingerprint density at radius 1 is 0.512 bits per heavy atom. The molecule has 6 nitrogen and oxygen atoms in total. The third-order valence-electron chi connectivity index (χ3n) is 3.92. The second-order valence-corrected chi connectivity index (χ2v) is 9.89. The van der Waals surface area contributed by atoms with Crippen LogP contribution in [0.25, 0.3) is 17.3 Å². The SMILES string of the molecule is O=C(C=C([O-])c1cccs1)C(F)(F)F.O=C(C=C([O-])c1cccs1)C(F)(F)F.O=C(C=C([O-])c1cccs1)C(F)(F)F.[Eu+3]. The number of carbonyl (C=O) groups is 3. The van der Waals surface area contributed by atoms with Gasteiger partial charge in [0.1, 0.15) is 0 Å². The van der Waals surface area contributed by atoms with Gasteiger partial charge in [0, 0.05) is 14.6 Å². The molecule has 232 valence electrons. The number of thiophene rings is 3. The molecular weight excluding hydrogens is 803 g/mol. The zero-order chi connectivity index (χ0) is 32.3. The second kappa shape index (κ2) is 17.8. The molecule has 0 saturated carbocycles. The van der Waals surface area contributed by atoms with Crippen molar-refractivity contribution in [2.24, 2.45) is 0 Å². The minimum absolute atomic E-state index is 0. The van der Waals surface area contributed by atoms with Gasteiger partial charge in [0.2, 0.25) is 0 Å². The molecule has 3 heterocycles. The molecule has 19 heteroatoms. The number of carbonyl (C=O) groups excluding carboxylic acids is 3. The zero-order valence-electron chi connectivity index (χ0n) is 20.4. The summed E-state index contributed by atoms with van der Waals surface area (Å²) in [4.78, 5) is 31.5. The van der Waals surface area contributed by atoms with E-state index >= 15 is 0 Å². The van der Waals surface area contributed by atoms with Crippen LogP contribution in [0.4, 0.5) is 39.5 Å². The average molecular weight is 816 g/mol. The van der Waals surface area contributed by atoms with Gasteiger partial charge in [-0.05, 0) is 52.6 Å². The van der Waals surface area contributed by atoms with Gasteiger partial charge in [0.05, 0.1) is 0 Å². The van der Waals surface area contributed by atoms with Gasteiger partial charge in [-0.2, -0.15) is 39.5 Å². The fraction of sp³-hybridized carbons (Fsp3) is 0.125. The molecule has 0 aliphatic heterocycles. The Labute approximate surface area is 288 Å². The number of hydrogen-bond donors (Lipinski definition) is 0. The molecular formula is C24H12EuF9O6S3.